The standard InChI is InChI=1S/C18H22N2O3/c1-12(19-17(22)23-18(2,3)4)16(21)20-15-11-7-9-13-8-5-6-10-14(13)15/h5-12H,1-4H3,(H,19,22)(H,20,21)/t12-/m1/s1. The van der Waals surface area contributed by atoms with Crippen molar-refractivity contribution in [2.24, 2.45) is 0 Å². The molecule has 2 N–H and O–H groups in total. The van der Waals surface area contributed by atoms with Crippen molar-refractivity contribution in [2.45, 2.75) is 39.3 Å². The summed E-state index contributed by atoms with van der Waals surface area (Å²) in [4.78, 5) is 24.0. The highest BCUT2D eigenvalue weighted by Gasteiger charge is 2.21. The second-order valence-corrected chi connectivity index (χ2v) is 6.38. The molecule has 23 heavy (non-hydrogen) atoms. The molecular formula is C18H22N2O3. The predicted octanol–water partition coefficient (Wildman–Crippen LogP) is 3.69. The number of rotatable bonds is 3. The number of hydrogen-bond acceptors (Lipinski definition) is 3. The molecule has 0 radical (unpaired) electrons. The first kappa shape index (κ1) is 16.8. The largest absolute Gasteiger partial charge is 0.444 e. The summed E-state index contributed by atoms with van der Waals surface area (Å²) in [5.41, 5.74) is 0.113. The van der Waals surface area contributed by atoms with E-state index in [1.54, 1.807) is 27.7 Å². The van der Waals surface area contributed by atoms with E-state index < -0.39 is 17.7 Å². The Morgan fingerprint density at radius 1 is 1.04 bits per heavy atom. The lowest BCUT2D eigenvalue weighted by Crippen LogP contribution is -2.44. The third-order valence-electron chi connectivity index (χ3n) is 3.17. The van der Waals surface area contributed by atoms with E-state index in [1.165, 1.54) is 0 Å². The number of amides is 2. The number of anilines is 1. The lowest BCUT2D eigenvalue weighted by molar-refractivity contribution is -0.117. The average Bonchev–Trinajstić information content (AvgIpc) is 2.45. The van der Waals surface area contributed by atoms with Crippen LogP contribution in [0.3, 0.4) is 0 Å². The van der Waals surface area contributed by atoms with Gasteiger partial charge in [0.2, 0.25) is 5.91 Å². The van der Waals surface area contributed by atoms with Crippen molar-refractivity contribution in [3.8, 4) is 0 Å². The highest BCUT2D eigenvalue weighted by molar-refractivity contribution is 6.04. The molecule has 0 aliphatic rings. The maximum atomic E-state index is 12.3. The number of ether oxygens (including phenoxy) is 1. The van der Waals surface area contributed by atoms with Crippen molar-refractivity contribution in [2.75, 3.05) is 5.32 Å². The number of fused-ring (bicyclic) bond motifs is 1. The van der Waals surface area contributed by atoms with Crippen LogP contribution in [0.2, 0.25) is 0 Å². The highest BCUT2D eigenvalue weighted by Crippen LogP contribution is 2.23. The quantitative estimate of drug-likeness (QED) is 0.908. The van der Waals surface area contributed by atoms with Gasteiger partial charge in [0.25, 0.3) is 0 Å². The van der Waals surface area contributed by atoms with E-state index in [2.05, 4.69) is 10.6 Å². The van der Waals surface area contributed by atoms with Crippen LogP contribution in [-0.2, 0) is 9.53 Å². The van der Waals surface area contributed by atoms with E-state index in [1.807, 2.05) is 42.5 Å². The molecule has 5 heteroatoms. The van der Waals surface area contributed by atoms with Gasteiger partial charge in [-0.2, -0.15) is 0 Å². The van der Waals surface area contributed by atoms with Crippen LogP contribution in [0.1, 0.15) is 27.7 Å². The van der Waals surface area contributed by atoms with Gasteiger partial charge in [0.1, 0.15) is 11.6 Å². The van der Waals surface area contributed by atoms with E-state index >= 15 is 0 Å². The molecule has 0 heterocycles. The van der Waals surface area contributed by atoms with E-state index in [0.717, 1.165) is 10.8 Å². The fourth-order valence-corrected chi connectivity index (χ4v) is 2.13. The molecule has 0 aromatic heterocycles. The zero-order valence-electron chi connectivity index (χ0n) is 13.8. The molecule has 0 saturated carbocycles. The molecule has 2 rings (SSSR count). The first-order valence-electron chi connectivity index (χ1n) is 7.54. The molecule has 5 nitrogen and oxygen atoms in total. The lowest BCUT2D eigenvalue weighted by atomic mass is 10.1. The smallest absolute Gasteiger partial charge is 0.408 e. The van der Waals surface area contributed by atoms with Crippen molar-refractivity contribution in [3.05, 3.63) is 42.5 Å². The molecule has 0 aliphatic heterocycles. The molecule has 0 spiro atoms. The van der Waals surface area contributed by atoms with Gasteiger partial charge in [0, 0.05) is 11.1 Å². The third kappa shape index (κ3) is 4.71. The van der Waals surface area contributed by atoms with Crippen LogP contribution >= 0.6 is 0 Å². The third-order valence-corrected chi connectivity index (χ3v) is 3.17. The maximum absolute atomic E-state index is 12.3. The summed E-state index contributed by atoms with van der Waals surface area (Å²) in [5, 5.41) is 7.37. The van der Waals surface area contributed by atoms with Gasteiger partial charge in [-0.15, -0.1) is 0 Å². The summed E-state index contributed by atoms with van der Waals surface area (Å²) in [6.45, 7) is 6.93. The van der Waals surface area contributed by atoms with Crippen LogP contribution in [0.4, 0.5) is 10.5 Å². The summed E-state index contributed by atoms with van der Waals surface area (Å²) < 4.78 is 5.15. The van der Waals surface area contributed by atoms with E-state index in [4.69, 9.17) is 4.74 Å². The first-order chi connectivity index (χ1) is 10.8. The van der Waals surface area contributed by atoms with Crippen LogP contribution in [0.5, 0.6) is 0 Å². The Morgan fingerprint density at radius 2 is 1.70 bits per heavy atom. The predicted molar refractivity (Wildman–Crippen MR) is 91.4 cm³/mol. The minimum absolute atomic E-state index is 0.299. The number of nitrogens with one attached hydrogen (secondary N) is 2. The first-order valence-corrected chi connectivity index (χ1v) is 7.54. The molecule has 2 aromatic carbocycles. The molecule has 122 valence electrons. The van der Waals surface area contributed by atoms with Gasteiger partial charge in [0.05, 0.1) is 0 Å². The molecule has 2 aromatic rings. The Kier molecular flexibility index (Phi) is 4.89. The van der Waals surface area contributed by atoms with Gasteiger partial charge in [-0.1, -0.05) is 36.4 Å². The number of carbonyl (C=O) groups is 2. The zero-order valence-corrected chi connectivity index (χ0v) is 13.8. The summed E-state index contributed by atoms with van der Waals surface area (Å²) in [6, 6.07) is 12.8. The van der Waals surface area contributed by atoms with Gasteiger partial charge >= 0.3 is 6.09 Å². The van der Waals surface area contributed by atoms with Gasteiger partial charge in [-0.3, -0.25) is 4.79 Å². The minimum atomic E-state index is -0.705. The topological polar surface area (TPSA) is 67.4 Å². The Labute approximate surface area is 136 Å². The summed E-state index contributed by atoms with van der Waals surface area (Å²) >= 11 is 0. The molecule has 0 unspecified atom stereocenters. The number of alkyl carbamates (subject to hydrolysis) is 1. The van der Waals surface area contributed by atoms with E-state index in [9.17, 15) is 9.59 Å². The monoisotopic (exact) mass is 314 g/mol. The Balaban J connectivity index is 2.04. The molecule has 2 amide bonds. The highest BCUT2D eigenvalue weighted by atomic mass is 16.6. The summed E-state index contributed by atoms with van der Waals surface area (Å²) in [5.74, 6) is -0.299. The molecule has 0 bridgehead atoms. The SMILES string of the molecule is C[C@@H](NC(=O)OC(C)(C)C)C(=O)Nc1cccc2ccccc12. The Morgan fingerprint density at radius 3 is 2.39 bits per heavy atom. The van der Waals surface area contributed by atoms with Gasteiger partial charge in [0.15, 0.2) is 0 Å². The van der Waals surface area contributed by atoms with E-state index in [-0.39, 0.29) is 5.91 Å². The van der Waals surface area contributed by atoms with E-state index in [0.29, 0.717) is 5.69 Å². The summed E-state index contributed by atoms with van der Waals surface area (Å²) in [6.07, 6.45) is -0.613. The van der Waals surface area contributed by atoms with Crippen molar-refractivity contribution < 1.29 is 14.3 Å². The normalized spacial score (nSPS) is 12.5. The number of hydrogen-bond donors (Lipinski definition) is 2. The van der Waals surface area contributed by atoms with Crippen LogP contribution < -0.4 is 10.6 Å². The molecule has 0 fully saturated rings. The fourth-order valence-electron chi connectivity index (χ4n) is 2.13. The Bertz CT molecular complexity index is 714. The Hall–Kier alpha value is -2.56. The number of benzene rings is 2. The van der Waals surface area contributed by atoms with Crippen LogP contribution in [0.15, 0.2) is 42.5 Å². The van der Waals surface area contributed by atoms with Gasteiger partial charge in [-0.25, -0.2) is 4.79 Å². The molecule has 1 atom stereocenters. The molecular weight excluding hydrogens is 292 g/mol. The van der Waals surface area contributed by atoms with Gasteiger partial charge < -0.3 is 15.4 Å². The van der Waals surface area contributed by atoms with Crippen LogP contribution in [0.25, 0.3) is 10.8 Å². The second-order valence-electron chi connectivity index (χ2n) is 6.38. The minimum Gasteiger partial charge on any atom is -0.444 e. The zero-order chi connectivity index (χ0) is 17.0. The summed E-state index contributed by atoms with van der Waals surface area (Å²) in [7, 11) is 0. The maximum Gasteiger partial charge on any atom is 0.408 e. The van der Waals surface area contributed by atoms with Crippen molar-refractivity contribution >= 4 is 28.5 Å². The van der Waals surface area contributed by atoms with Crippen LogP contribution in [0, 0.1) is 0 Å². The van der Waals surface area contributed by atoms with Crippen molar-refractivity contribution in [3.63, 3.8) is 0 Å². The fraction of sp³-hybridized carbons (Fsp3) is 0.333. The average molecular weight is 314 g/mol. The second kappa shape index (κ2) is 6.69. The molecule has 0 aliphatic carbocycles. The number of carbonyl (C=O) groups excluding carboxylic acids is 2. The van der Waals surface area contributed by atoms with Crippen molar-refractivity contribution in [1.29, 1.82) is 0 Å². The van der Waals surface area contributed by atoms with Crippen LogP contribution in [-0.4, -0.2) is 23.6 Å². The lowest BCUT2D eigenvalue weighted by Gasteiger charge is -2.21. The molecule has 0 saturated heterocycles. The van der Waals surface area contributed by atoms with Gasteiger partial charge in [-0.05, 0) is 39.1 Å². The van der Waals surface area contributed by atoms with Crippen molar-refractivity contribution in [1.82, 2.24) is 5.32 Å².